The maximum Gasteiger partial charge on any atom is 0.0345 e. The van der Waals surface area contributed by atoms with Crippen molar-refractivity contribution in [2.45, 2.75) is 13.8 Å². The lowest BCUT2D eigenvalue weighted by atomic mass is 9.95. The van der Waals surface area contributed by atoms with Gasteiger partial charge in [0.25, 0.3) is 0 Å². The second-order valence-electron chi connectivity index (χ2n) is 10.5. The topological polar surface area (TPSA) is 0 Å². The maximum absolute atomic E-state index is 2.42. The van der Waals surface area contributed by atoms with E-state index in [1.807, 2.05) is 22.7 Å². The van der Waals surface area contributed by atoms with Crippen LogP contribution in [0.1, 0.15) is 9.75 Å². The molecule has 2 heterocycles. The summed E-state index contributed by atoms with van der Waals surface area (Å²) < 4.78 is 0. The SMILES string of the molecule is Cc1ccc(-c2ccc3c(c2)c2cccc4c2c3c2cccc3c5cc(-c6ccc(C)s6)ccc5c4c32)s1. The van der Waals surface area contributed by atoms with Crippen molar-refractivity contribution in [2.24, 2.45) is 0 Å². The molecule has 0 atom stereocenters. The number of hydrogen-bond acceptors (Lipinski definition) is 2. The summed E-state index contributed by atoms with van der Waals surface area (Å²) in [5.41, 5.74) is 2.62. The number of aryl methyl sites for hydroxylation is 2. The smallest absolute Gasteiger partial charge is 0.0345 e. The molecular formula is C36H22S2. The summed E-state index contributed by atoms with van der Waals surface area (Å²) in [7, 11) is 0. The van der Waals surface area contributed by atoms with E-state index in [4.69, 9.17) is 0 Å². The van der Waals surface area contributed by atoms with Gasteiger partial charge < -0.3 is 0 Å². The minimum atomic E-state index is 1.31. The summed E-state index contributed by atoms with van der Waals surface area (Å²) in [6.45, 7) is 4.37. The fourth-order valence-corrected chi connectivity index (χ4v) is 8.52. The van der Waals surface area contributed by atoms with E-state index in [-0.39, 0.29) is 0 Å². The van der Waals surface area contributed by atoms with Crippen LogP contribution >= 0.6 is 22.7 Å². The standard InChI is InChI=1S/C36H22S2/c1-19-9-15-31(37-19)21-11-13-25-29(17-21)23-5-3-7-27-33(23)35(25)28-8-4-6-24-30-18-22(32-16-10-20(2)38-32)12-14-26(30)36(27)34(24)28/h3-18H,1-2H3. The molecule has 0 saturated carbocycles. The van der Waals surface area contributed by atoms with Crippen molar-refractivity contribution in [1.82, 2.24) is 0 Å². The van der Waals surface area contributed by atoms with Gasteiger partial charge in [0.15, 0.2) is 0 Å². The molecule has 0 aliphatic heterocycles. The largest absolute Gasteiger partial charge is 0.141 e. The molecule has 0 radical (unpaired) electrons. The van der Waals surface area contributed by atoms with E-state index in [9.17, 15) is 0 Å². The highest BCUT2D eigenvalue weighted by Crippen LogP contribution is 2.51. The third-order valence-corrected chi connectivity index (χ3v) is 10.5. The van der Waals surface area contributed by atoms with Crippen LogP contribution in [0.15, 0.2) is 97.1 Å². The Morgan fingerprint density at radius 3 is 1.16 bits per heavy atom. The molecule has 0 aliphatic rings. The zero-order chi connectivity index (χ0) is 25.1. The van der Waals surface area contributed by atoms with Crippen molar-refractivity contribution >= 4 is 87.3 Å². The summed E-state index contributed by atoms with van der Waals surface area (Å²) in [4.78, 5) is 5.39. The summed E-state index contributed by atoms with van der Waals surface area (Å²) in [6.07, 6.45) is 0. The number of benzene rings is 5. The Labute approximate surface area is 228 Å². The highest BCUT2D eigenvalue weighted by Gasteiger charge is 2.22. The first-order valence-electron chi connectivity index (χ1n) is 13.1. The molecule has 9 rings (SSSR count). The molecule has 38 heavy (non-hydrogen) atoms. The molecule has 0 spiro atoms. The highest BCUT2D eigenvalue weighted by atomic mass is 32.1. The Bertz CT molecular complexity index is 2190. The Morgan fingerprint density at radius 2 is 0.763 bits per heavy atom. The third-order valence-electron chi connectivity index (χ3n) is 8.38. The van der Waals surface area contributed by atoms with Crippen LogP contribution in [0, 0.1) is 13.8 Å². The van der Waals surface area contributed by atoms with E-state index in [1.165, 1.54) is 95.3 Å². The molecule has 2 aromatic heterocycles. The normalized spacial score (nSPS) is 12.5. The molecule has 9 aromatic rings. The van der Waals surface area contributed by atoms with Crippen molar-refractivity contribution in [3.05, 3.63) is 107 Å². The van der Waals surface area contributed by atoms with Crippen molar-refractivity contribution < 1.29 is 0 Å². The minimum Gasteiger partial charge on any atom is -0.141 e. The average Bonchev–Trinajstić information content (AvgIpc) is 3.72. The molecular weight excluding hydrogens is 497 g/mol. The van der Waals surface area contributed by atoms with Gasteiger partial charge in [0.1, 0.15) is 0 Å². The predicted molar refractivity (Wildman–Crippen MR) is 170 cm³/mol. The Hall–Kier alpha value is -3.98. The van der Waals surface area contributed by atoms with Crippen LogP contribution in [-0.4, -0.2) is 0 Å². The molecule has 178 valence electrons. The van der Waals surface area contributed by atoms with Crippen LogP contribution < -0.4 is 0 Å². The monoisotopic (exact) mass is 518 g/mol. The lowest BCUT2D eigenvalue weighted by molar-refractivity contribution is 1.64. The number of fused-ring (bicyclic) bond motifs is 8. The third kappa shape index (κ3) is 2.64. The zero-order valence-corrected chi connectivity index (χ0v) is 22.7. The van der Waals surface area contributed by atoms with Gasteiger partial charge in [-0.15, -0.1) is 22.7 Å². The maximum atomic E-state index is 2.42. The van der Waals surface area contributed by atoms with Gasteiger partial charge in [-0.1, -0.05) is 60.7 Å². The Morgan fingerprint density at radius 1 is 0.368 bits per heavy atom. The molecule has 0 aliphatic carbocycles. The number of thiophene rings is 2. The van der Waals surface area contributed by atoms with Crippen molar-refractivity contribution in [2.75, 3.05) is 0 Å². The lowest BCUT2D eigenvalue weighted by Crippen LogP contribution is -1.79. The van der Waals surface area contributed by atoms with Crippen LogP contribution in [0.3, 0.4) is 0 Å². The van der Waals surface area contributed by atoms with E-state index in [1.54, 1.807) is 0 Å². The summed E-state index contributed by atoms with van der Waals surface area (Å²) in [5.74, 6) is 0. The average molecular weight is 519 g/mol. The van der Waals surface area contributed by atoms with Gasteiger partial charge in [-0.3, -0.25) is 0 Å². The van der Waals surface area contributed by atoms with Crippen LogP contribution in [-0.2, 0) is 0 Å². The van der Waals surface area contributed by atoms with Gasteiger partial charge >= 0.3 is 0 Å². The van der Waals surface area contributed by atoms with E-state index in [0.717, 1.165) is 0 Å². The number of rotatable bonds is 2. The predicted octanol–water partition coefficient (Wildman–Crippen LogP) is 11.6. The second-order valence-corrected chi connectivity index (χ2v) is 13.1. The van der Waals surface area contributed by atoms with E-state index >= 15 is 0 Å². The first-order valence-corrected chi connectivity index (χ1v) is 14.7. The van der Waals surface area contributed by atoms with Gasteiger partial charge in [0, 0.05) is 19.5 Å². The Kier molecular flexibility index (Phi) is 4.05. The zero-order valence-electron chi connectivity index (χ0n) is 21.1. The van der Waals surface area contributed by atoms with Gasteiger partial charge in [0.2, 0.25) is 0 Å². The second kappa shape index (κ2) is 7.32. The molecule has 7 aromatic carbocycles. The molecule has 0 unspecified atom stereocenters. The molecule has 2 heteroatoms. The van der Waals surface area contributed by atoms with Crippen LogP contribution in [0.4, 0.5) is 0 Å². The highest BCUT2D eigenvalue weighted by molar-refractivity contribution is 7.15. The Balaban J connectivity index is 1.45. The van der Waals surface area contributed by atoms with Crippen LogP contribution in [0.25, 0.3) is 85.5 Å². The molecule has 0 amide bonds. The fraction of sp³-hybridized carbons (Fsp3) is 0.0556. The van der Waals surface area contributed by atoms with Crippen molar-refractivity contribution in [1.29, 1.82) is 0 Å². The van der Waals surface area contributed by atoms with E-state index in [2.05, 4.69) is 111 Å². The van der Waals surface area contributed by atoms with Crippen molar-refractivity contribution in [3.8, 4) is 20.9 Å². The van der Waals surface area contributed by atoms with Crippen LogP contribution in [0.2, 0.25) is 0 Å². The molecule has 0 N–H and O–H groups in total. The molecule has 0 nitrogen and oxygen atoms in total. The summed E-state index contributed by atoms with van der Waals surface area (Å²) in [5, 5.41) is 16.6. The van der Waals surface area contributed by atoms with Gasteiger partial charge in [-0.05, 0) is 126 Å². The first-order chi connectivity index (χ1) is 18.7. The van der Waals surface area contributed by atoms with Crippen LogP contribution in [0.5, 0.6) is 0 Å². The summed E-state index contributed by atoms with van der Waals surface area (Å²) in [6, 6.07) is 37.0. The van der Waals surface area contributed by atoms with Gasteiger partial charge in [-0.2, -0.15) is 0 Å². The van der Waals surface area contributed by atoms with Gasteiger partial charge in [0.05, 0.1) is 0 Å². The molecule has 0 saturated heterocycles. The lowest BCUT2D eigenvalue weighted by Gasteiger charge is -2.07. The quantitative estimate of drug-likeness (QED) is 0.200. The van der Waals surface area contributed by atoms with E-state index in [0.29, 0.717) is 0 Å². The minimum absolute atomic E-state index is 1.31. The van der Waals surface area contributed by atoms with E-state index < -0.39 is 0 Å². The molecule has 0 bridgehead atoms. The van der Waals surface area contributed by atoms with Crippen molar-refractivity contribution in [3.63, 3.8) is 0 Å². The number of hydrogen-bond donors (Lipinski definition) is 0. The van der Waals surface area contributed by atoms with Gasteiger partial charge in [-0.25, -0.2) is 0 Å². The first kappa shape index (κ1) is 21.0. The summed E-state index contributed by atoms with van der Waals surface area (Å²) >= 11 is 3.75. The molecule has 0 fully saturated rings. The fourth-order valence-electron chi connectivity index (χ4n) is 6.79.